The first-order valence-electron chi connectivity index (χ1n) is 7.19. The van der Waals surface area contributed by atoms with Gasteiger partial charge >= 0.3 is 6.09 Å². The van der Waals surface area contributed by atoms with Crippen LogP contribution in [0.1, 0.15) is 39.1 Å². The Morgan fingerprint density at radius 2 is 2.00 bits per heavy atom. The molecule has 2 aliphatic heterocycles. The fourth-order valence-electron chi connectivity index (χ4n) is 2.97. The number of hydrogen-bond donors (Lipinski definition) is 3. The molecule has 0 aromatic heterocycles. The summed E-state index contributed by atoms with van der Waals surface area (Å²) in [5.74, 6) is -2.38. The van der Waals surface area contributed by atoms with Crippen molar-refractivity contribution in [2.45, 2.75) is 25.4 Å². The van der Waals surface area contributed by atoms with Crippen LogP contribution in [0.5, 0.6) is 0 Å². The monoisotopic (exact) mass is 331 g/mol. The zero-order valence-electron chi connectivity index (χ0n) is 12.4. The van der Waals surface area contributed by atoms with Gasteiger partial charge in [0.2, 0.25) is 11.8 Å². The summed E-state index contributed by atoms with van der Waals surface area (Å²) in [4.78, 5) is 59.8. The third-order valence-corrected chi connectivity index (χ3v) is 4.02. The first kappa shape index (κ1) is 15.7. The number of carbonyl (C=O) groups excluding carboxylic acids is 4. The van der Waals surface area contributed by atoms with Crippen LogP contribution < -0.4 is 10.6 Å². The number of benzene rings is 1. The molecular formula is C15H13N3O6. The Bertz CT molecular complexity index is 787. The third kappa shape index (κ3) is 2.60. The number of piperidine rings is 1. The van der Waals surface area contributed by atoms with Gasteiger partial charge in [0.25, 0.3) is 11.8 Å². The quantitative estimate of drug-likeness (QED) is 0.646. The lowest BCUT2D eigenvalue weighted by Gasteiger charge is -2.29. The van der Waals surface area contributed by atoms with E-state index in [0.29, 0.717) is 5.56 Å². The summed E-state index contributed by atoms with van der Waals surface area (Å²) < 4.78 is 0. The summed E-state index contributed by atoms with van der Waals surface area (Å²) in [5.41, 5.74) is 0.554. The fraction of sp³-hybridized carbons (Fsp3) is 0.267. The molecule has 24 heavy (non-hydrogen) atoms. The summed E-state index contributed by atoms with van der Waals surface area (Å²) in [7, 11) is 0. The Labute approximate surface area is 135 Å². The van der Waals surface area contributed by atoms with Gasteiger partial charge in [-0.1, -0.05) is 12.1 Å². The van der Waals surface area contributed by atoms with Gasteiger partial charge in [-0.25, -0.2) is 4.79 Å². The molecule has 124 valence electrons. The van der Waals surface area contributed by atoms with Gasteiger partial charge in [-0.05, 0) is 18.1 Å². The van der Waals surface area contributed by atoms with Crippen LogP contribution in [0.2, 0.25) is 0 Å². The first-order valence-corrected chi connectivity index (χ1v) is 7.19. The maximum Gasteiger partial charge on any atom is 0.411 e. The number of carbonyl (C=O) groups is 5. The van der Waals surface area contributed by atoms with Gasteiger partial charge in [0.15, 0.2) is 0 Å². The van der Waals surface area contributed by atoms with Crippen molar-refractivity contribution in [3.63, 3.8) is 0 Å². The molecule has 0 radical (unpaired) electrons. The lowest BCUT2D eigenvalue weighted by molar-refractivity contribution is -0.136. The van der Waals surface area contributed by atoms with E-state index in [2.05, 4.69) is 5.32 Å². The van der Waals surface area contributed by atoms with Crippen LogP contribution in [-0.2, 0) is 16.1 Å². The minimum Gasteiger partial charge on any atom is -0.465 e. The SMILES string of the molecule is O=C(O)NC(=O)c1cccc2c1C(=O)N(C1CCC(=O)NC1=O)C2. The van der Waals surface area contributed by atoms with Gasteiger partial charge in [0, 0.05) is 13.0 Å². The topological polar surface area (TPSA) is 133 Å². The van der Waals surface area contributed by atoms with Gasteiger partial charge in [0.1, 0.15) is 6.04 Å². The Balaban J connectivity index is 1.91. The maximum absolute atomic E-state index is 12.7. The highest BCUT2D eigenvalue weighted by atomic mass is 16.4. The molecule has 2 heterocycles. The Morgan fingerprint density at radius 1 is 1.25 bits per heavy atom. The summed E-state index contributed by atoms with van der Waals surface area (Å²) in [5, 5.41) is 12.6. The second kappa shape index (κ2) is 5.76. The first-order chi connectivity index (χ1) is 11.4. The normalized spacial score (nSPS) is 19.8. The van der Waals surface area contributed by atoms with Crippen molar-refractivity contribution in [1.82, 2.24) is 15.5 Å². The van der Waals surface area contributed by atoms with Crippen LogP contribution >= 0.6 is 0 Å². The Morgan fingerprint density at radius 3 is 2.67 bits per heavy atom. The van der Waals surface area contributed by atoms with E-state index in [1.165, 1.54) is 17.0 Å². The summed E-state index contributed by atoms with van der Waals surface area (Å²) in [6.45, 7) is 0.120. The summed E-state index contributed by atoms with van der Waals surface area (Å²) >= 11 is 0. The van der Waals surface area contributed by atoms with Crippen molar-refractivity contribution in [3.05, 3.63) is 34.9 Å². The molecule has 3 N–H and O–H groups in total. The van der Waals surface area contributed by atoms with E-state index in [9.17, 15) is 24.0 Å². The molecule has 0 saturated carbocycles. The van der Waals surface area contributed by atoms with Gasteiger partial charge in [-0.3, -0.25) is 29.8 Å². The lowest BCUT2D eigenvalue weighted by Crippen LogP contribution is -2.52. The molecule has 0 spiro atoms. The number of rotatable bonds is 2. The standard InChI is InChI=1S/C15H13N3O6/c19-10-5-4-9(13(21)16-10)18-6-7-2-1-3-8(11(7)14(18)22)12(20)17-15(23)24/h1-3,9H,4-6H2,(H,17,20)(H,23,24)(H,16,19,21). The molecule has 9 heteroatoms. The van der Waals surface area contributed by atoms with Gasteiger partial charge in [-0.15, -0.1) is 0 Å². The molecule has 0 bridgehead atoms. The number of nitrogens with one attached hydrogen (secondary N) is 2. The van der Waals surface area contributed by atoms with Crippen molar-refractivity contribution in [2.75, 3.05) is 0 Å². The molecule has 1 fully saturated rings. The Hall–Kier alpha value is -3.23. The smallest absolute Gasteiger partial charge is 0.411 e. The minimum absolute atomic E-state index is 0.0605. The zero-order chi connectivity index (χ0) is 17.4. The van der Waals surface area contributed by atoms with E-state index in [4.69, 9.17) is 5.11 Å². The lowest BCUT2D eigenvalue weighted by atomic mass is 10.0. The molecule has 1 aromatic carbocycles. The van der Waals surface area contributed by atoms with E-state index in [-0.39, 0.29) is 36.4 Å². The molecular weight excluding hydrogens is 318 g/mol. The highest BCUT2D eigenvalue weighted by molar-refractivity contribution is 6.13. The highest BCUT2D eigenvalue weighted by Gasteiger charge is 2.40. The van der Waals surface area contributed by atoms with E-state index >= 15 is 0 Å². The summed E-state index contributed by atoms with van der Waals surface area (Å²) in [6.07, 6.45) is -1.19. The van der Waals surface area contributed by atoms with E-state index in [1.54, 1.807) is 11.4 Å². The van der Waals surface area contributed by atoms with Crippen molar-refractivity contribution in [1.29, 1.82) is 0 Å². The Kier molecular flexibility index (Phi) is 3.76. The molecule has 1 saturated heterocycles. The number of fused-ring (bicyclic) bond motifs is 1. The molecule has 2 aliphatic rings. The fourth-order valence-corrected chi connectivity index (χ4v) is 2.97. The van der Waals surface area contributed by atoms with Crippen LogP contribution in [0.15, 0.2) is 18.2 Å². The average molecular weight is 331 g/mol. The van der Waals surface area contributed by atoms with Crippen molar-refractivity contribution < 1.29 is 29.1 Å². The number of amides is 5. The predicted octanol–water partition coefficient (Wildman–Crippen LogP) is -0.145. The second-order valence-electron chi connectivity index (χ2n) is 5.50. The molecule has 1 unspecified atom stereocenters. The average Bonchev–Trinajstić information content (AvgIpc) is 2.84. The van der Waals surface area contributed by atoms with E-state index in [1.807, 2.05) is 0 Å². The van der Waals surface area contributed by atoms with Crippen molar-refractivity contribution in [3.8, 4) is 0 Å². The number of imide groups is 2. The van der Waals surface area contributed by atoms with Crippen molar-refractivity contribution in [2.24, 2.45) is 0 Å². The van der Waals surface area contributed by atoms with Gasteiger partial charge in [-0.2, -0.15) is 0 Å². The number of hydrogen-bond acceptors (Lipinski definition) is 5. The van der Waals surface area contributed by atoms with Crippen LogP contribution in [-0.4, -0.2) is 45.8 Å². The zero-order valence-corrected chi connectivity index (χ0v) is 12.4. The third-order valence-electron chi connectivity index (χ3n) is 4.02. The maximum atomic E-state index is 12.7. The van der Waals surface area contributed by atoms with Gasteiger partial charge in [0.05, 0.1) is 11.1 Å². The van der Waals surface area contributed by atoms with Crippen LogP contribution in [0.4, 0.5) is 4.79 Å². The molecule has 1 atom stereocenters. The van der Waals surface area contributed by atoms with Crippen LogP contribution in [0.3, 0.4) is 0 Å². The van der Waals surface area contributed by atoms with E-state index < -0.39 is 29.9 Å². The molecule has 0 aliphatic carbocycles. The predicted molar refractivity (Wildman–Crippen MR) is 78.0 cm³/mol. The number of carboxylic acid groups (broad SMARTS) is 1. The highest BCUT2D eigenvalue weighted by Crippen LogP contribution is 2.29. The minimum atomic E-state index is -1.52. The van der Waals surface area contributed by atoms with Gasteiger partial charge < -0.3 is 10.0 Å². The number of nitrogens with zero attached hydrogens (tertiary/aromatic N) is 1. The van der Waals surface area contributed by atoms with Crippen LogP contribution in [0.25, 0.3) is 0 Å². The van der Waals surface area contributed by atoms with Crippen molar-refractivity contribution >= 4 is 29.7 Å². The molecule has 9 nitrogen and oxygen atoms in total. The molecule has 3 rings (SSSR count). The molecule has 1 aromatic rings. The second-order valence-corrected chi connectivity index (χ2v) is 5.50. The molecule has 5 amide bonds. The largest absolute Gasteiger partial charge is 0.465 e. The summed E-state index contributed by atoms with van der Waals surface area (Å²) in [6, 6.07) is 3.73. The van der Waals surface area contributed by atoms with Crippen LogP contribution in [0, 0.1) is 0 Å². The van der Waals surface area contributed by atoms with E-state index in [0.717, 1.165) is 0 Å².